The molecule has 1 saturated heterocycles. The van der Waals surface area contributed by atoms with Gasteiger partial charge in [-0.3, -0.25) is 9.59 Å². The number of anilines is 2. The minimum absolute atomic E-state index is 0.0308. The van der Waals surface area contributed by atoms with Crippen LogP contribution < -0.4 is 10.2 Å². The van der Waals surface area contributed by atoms with Crippen LogP contribution in [0.3, 0.4) is 0 Å². The van der Waals surface area contributed by atoms with Crippen LogP contribution in [-0.2, 0) is 19.7 Å². The summed E-state index contributed by atoms with van der Waals surface area (Å²) in [6.07, 6.45) is 0.132. The largest absolute Gasteiger partial charge is 0.465 e. The molecule has 1 aliphatic heterocycles. The number of hydrogen-bond acceptors (Lipinski definition) is 4. The number of hydrogen-bond donors (Lipinski definition) is 1. The van der Waals surface area contributed by atoms with Gasteiger partial charge in [0.2, 0.25) is 11.8 Å². The molecular weight excluding hydrogens is 368 g/mol. The maximum atomic E-state index is 12.7. The first-order valence-corrected chi connectivity index (χ1v) is 9.60. The minimum Gasteiger partial charge on any atom is -0.465 e. The number of rotatable bonds is 4. The number of benzene rings is 2. The van der Waals surface area contributed by atoms with Crippen LogP contribution in [0, 0.1) is 5.92 Å². The Bertz CT molecular complexity index is 929. The molecule has 152 valence electrons. The molecule has 0 aliphatic carbocycles. The van der Waals surface area contributed by atoms with E-state index in [-0.39, 0.29) is 29.2 Å². The van der Waals surface area contributed by atoms with Gasteiger partial charge in [-0.2, -0.15) is 0 Å². The van der Waals surface area contributed by atoms with E-state index in [1.54, 1.807) is 29.2 Å². The molecule has 1 heterocycles. The van der Waals surface area contributed by atoms with Gasteiger partial charge < -0.3 is 15.0 Å². The van der Waals surface area contributed by atoms with Gasteiger partial charge in [-0.1, -0.05) is 45.0 Å². The summed E-state index contributed by atoms with van der Waals surface area (Å²) >= 11 is 0. The van der Waals surface area contributed by atoms with Gasteiger partial charge in [0.1, 0.15) is 0 Å². The molecule has 0 bridgehead atoms. The Hall–Kier alpha value is -3.15. The van der Waals surface area contributed by atoms with Gasteiger partial charge in [0.05, 0.1) is 24.3 Å². The van der Waals surface area contributed by atoms with E-state index in [1.807, 2.05) is 24.3 Å². The number of ether oxygens (including phenoxy) is 1. The lowest BCUT2D eigenvalue weighted by molar-refractivity contribution is -0.122. The highest BCUT2D eigenvalue weighted by atomic mass is 16.5. The third kappa shape index (κ3) is 4.47. The Morgan fingerprint density at radius 1 is 1.07 bits per heavy atom. The highest BCUT2D eigenvalue weighted by Gasteiger charge is 2.35. The topological polar surface area (TPSA) is 75.7 Å². The SMILES string of the molecule is COC(=O)c1ccccc1NC(=O)[C@@H]1CC(=O)N(c2ccc(C(C)(C)C)cc2)C1. The van der Waals surface area contributed by atoms with Crippen LogP contribution in [0.4, 0.5) is 11.4 Å². The molecular formula is C23H26N2O4. The van der Waals surface area contributed by atoms with Gasteiger partial charge in [0.15, 0.2) is 0 Å². The predicted octanol–water partition coefficient (Wildman–Crippen LogP) is 3.76. The average Bonchev–Trinajstić information content (AvgIpc) is 3.09. The fourth-order valence-corrected chi connectivity index (χ4v) is 3.39. The summed E-state index contributed by atoms with van der Waals surface area (Å²) in [6.45, 7) is 6.71. The van der Waals surface area contributed by atoms with Crippen LogP contribution in [0.25, 0.3) is 0 Å². The number of para-hydroxylation sites is 1. The van der Waals surface area contributed by atoms with E-state index in [9.17, 15) is 14.4 Å². The third-order valence-corrected chi connectivity index (χ3v) is 5.13. The summed E-state index contributed by atoms with van der Waals surface area (Å²) in [5.74, 6) is -1.39. The van der Waals surface area contributed by atoms with Crippen molar-refractivity contribution >= 4 is 29.2 Å². The first kappa shape index (κ1) is 20.6. The Morgan fingerprint density at radius 2 is 1.72 bits per heavy atom. The maximum Gasteiger partial charge on any atom is 0.339 e. The first-order chi connectivity index (χ1) is 13.7. The number of carbonyl (C=O) groups excluding carboxylic acids is 3. The molecule has 1 atom stereocenters. The van der Waals surface area contributed by atoms with Crippen molar-refractivity contribution < 1.29 is 19.1 Å². The molecule has 2 aromatic carbocycles. The van der Waals surface area contributed by atoms with Crippen molar-refractivity contribution in [1.29, 1.82) is 0 Å². The molecule has 1 N–H and O–H groups in total. The summed E-state index contributed by atoms with van der Waals surface area (Å²) in [7, 11) is 1.29. The Kier molecular flexibility index (Phi) is 5.73. The smallest absolute Gasteiger partial charge is 0.339 e. The lowest BCUT2D eigenvalue weighted by Gasteiger charge is -2.21. The highest BCUT2D eigenvalue weighted by molar-refractivity contribution is 6.06. The van der Waals surface area contributed by atoms with E-state index in [0.717, 1.165) is 5.69 Å². The van der Waals surface area contributed by atoms with Crippen molar-refractivity contribution in [3.63, 3.8) is 0 Å². The van der Waals surface area contributed by atoms with Crippen molar-refractivity contribution in [2.75, 3.05) is 23.9 Å². The van der Waals surface area contributed by atoms with E-state index in [4.69, 9.17) is 4.74 Å². The minimum atomic E-state index is -0.524. The molecule has 0 saturated carbocycles. The number of nitrogens with one attached hydrogen (secondary N) is 1. The predicted molar refractivity (Wildman–Crippen MR) is 112 cm³/mol. The molecule has 1 aliphatic rings. The van der Waals surface area contributed by atoms with Crippen molar-refractivity contribution in [3.05, 3.63) is 59.7 Å². The zero-order valence-corrected chi connectivity index (χ0v) is 17.2. The van der Waals surface area contributed by atoms with Gasteiger partial charge in [-0.05, 0) is 35.2 Å². The lowest BCUT2D eigenvalue weighted by atomic mass is 9.87. The molecule has 6 nitrogen and oxygen atoms in total. The third-order valence-electron chi connectivity index (χ3n) is 5.13. The van der Waals surface area contributed by atoms with Gasteiger partial charge in [-0.25, -0.2) is 4.79 Å². The number of esters is 1. The molecule has 29 heavy (non-hydrogen) atoms. The molecule has 0 unspecified atom stereocenters. The van der Waals surface area contributed by atoms with Crippen molar-refractivity contribution in [3.8, 4) is 0 Å². The summed E-state index contributed by atoms with van der Waals surface area (Å²) in [4.78, 5) is 38.8. The van der Waals surface area contributed by atoms with Crippen molar-refractivity contribution in [2.45, 2.75) is 32.6 Å². The van der Waals surface area contributed by atoms with Gasteiger partial charge in [0, 0.05) is 18.7 Å². The molecule has 6 heteroatoms. The molecule has 1 fully saturated rings. The van der Waals surface area contributed by atoms with E-state index < -0.39 is 11.9 Å². The zero-order chi connectivity index (χ0) is 21.2. The van der Waals surface area contributed by atoms with Crippen LogP contribution >= 0.6 is 0 Å². The molecule has 2 aromatic rings. The van der Waals surface area contributed by atoms with E-state index in [0.29, 0.717) is 12.2 Å². The standard InChI is InChI=1S/C23H26N2O4/c1-23(2,3)16-9-11-17(12-10-16)25-14-15(13-20(25)26)21(27)24-19-8-6-5-7-18(19)22(28)29-4/h5-12,15H,13-14H2,1-4H3,(H,24,27)/t15-/m1/s1. The maximum absolute atomic E-state index is 12.7. The summed E-state index contributed by atoms with van der Waals surface area (Å²) in [5, 5.41) is 2.77. The van der Waals surface area contributed by atoms with Gasteiger partial charge in [-0.15, -0.1) is 0 Å². The van der Waals surface area contributed by atoms with Crippen molar-refractivity contribution in [1.82, 2.24) is 0 Å². The Labute approximate surface area is 170 Å². The number of methoxy groups -OCH3 is 1. The van der Waals surface area contributed by atoms with Crippen LogP contribution in [0.1, 0.15) is 43.1 Å². The molecule has 0 spiro atoms. The van der Waals surface area contributed by atoms with E-state index in [2.05, 4.69) is 26.1 Å². The summed E-state index contributed by atoms with van der Waals surface area (Å²) < 4.78 is 4.76. The van der Waals surface area contributed by atoms with Crippen LogP contribution in [0.15, 0.2) is 48.5 Å². The second kappa shape index (κ2) is 8.07. The Balaban J connectivity index is 1.72. The number of nitrogens with zero attached hydrogens (tertiary/aromatic N) is 1. The first-order valence-electron chi connectivity index (χ1n) is 9.60. The van der Waals surface area contributed by atoms with Crippen molar-refractivity contribution in [2.24, 2.45) is 5.92 Å². The second-order valence-corrected chi connectivity index (χ2v) is 8.23. The molecule has 0 aromatic heterocycles. The number of carbonyl (C=O) groups is 3. The average molecular weight is 394 g/mol. The molecule has 2 amide bonds. The van der Waals surface area contributed by atoms with E-state index in [1.165, 1.54) is 12.7 Å². The van der Waals surface area contributed by atoms with Gasteiger partial charge >= 0.3 is 5.97 Å². The van der Waals surface area contributed by atoms with Gasteiger partial charge in [0.25, 0.3) is 0 Å². The van der Waals surface area contributed by atoms with E-state index >= 15 is 0 Å². The fourth-order valence-electron chi connectivity index (χ4n) is 3.39. The normalized spacial score (nSPS) is 16.6. The monoisotopic (exact) mass is 394 g/mol. The zero-order valence-electron chi connectivity index (χ0n) is 17.2. The summed E-state index contributed by atoms with van der Waals surface area (Å²) in [6, 6.07) is 14.5. The molecule has 3 rings (SSSR count). The van der Waals surface area contributed by atoms with Crippen LogP contribution in [0.5, 0.6) is 0 Å². The molecule has 0 radical (unpaired) electrons. The second-order valence-electron chi connectivity index (χ2n) is 8.23. The summed E-state index contributed by atoms with van der Waals surface area (Å²) in [5.41, 5.74) is 2.66. The quantitative estimate of drug-likeness (QED) is 0.801. The van der Waals surface area contributed by atoms with Crippen LogP contribution in [-0.4, -0.2) is 31.4 Å². The number of amides is 2. The Morgan fingerprint density at radius 3 is 2.34 bits per heavy atom. The van der Waals surface area contributed by atoms with Crippen LogP contribution in [0.2, 0.25) is 0 Å². The fraction of sp³-hybridized carbons (Fsp3) is 0.348. The highest BCUT2D eigenvalue weighted by Crippen LogP contribution is 2.29. The lowest BCUT2D eigenvalue weighted by Crippen LogP contribution is -2.28.